The van der Waals surface area contributed by atoms with Crippen molar-refractivity contribution in [3.05, 3.63) is 124 Å². The van der Waals surface area contributed by atoms with Gasteiger partial charge in [0.25, 0.3) is 15.9 Å². The minimum absolute atomic E-state index is 0.00964. The van der Waals surface area contributed by atoms with E-state index in [0.29, 0.717) is 6.54 Å². The predicted octanol–water partition coefficient (Wildman–Crippen LogP) is 5.76. The average molecular weight is 568 g/mol. The summed E-state index contributed by atoms with van der Waals surface area (Å²) in [5.41, 5.74) is 1.52. The van der Waals surface area contributed by atoms with Gasteiger partial charge in [-0.05, 0) is 48.0 Å². The Morgan fingerprint density at radius 1 is 0.763 bits per heavy atom. The molecule has 0 aliphatic rings. The third-order valence-electron chi connectivity index (χ3n) is 5.50. The number of amides is 2. The van der Waals surface area contributed by atoms with Crippen molar-refractivity contribution in [3.63, 3.8) is 0 Å². The molecule has 4 aromatic carbocycles. The zero-order chi connectivity index (χ0) is 27.1. The van der Waals surface area contributed by atoms with Crippen LogP contribution in [-0.4, -0.2) is 26.8 Å². The monoisotopic (exact) mass is 567 g/mol. The highest BCUT2D eigenvalue weighted by Gasteiger charge is 2.28. The summed E-state index contributed by atoms with van der Waals surface area (Å²) in [6, 6.07) is 27.9. The number of benzene rings is 4. The van der Waals surface area contributed by atoms with E-state index in [4.69, 9.17) is 23.2 Å². The third kappa shape index (κ3) is 6.72. The number of sulfonamides is 1. The molecule has 0 saturated carbocycles. The van der Waals surface area contributed by atoms with Crippen LogP contribution in [0.25, 0.3) is 0 Å². The highest BCUT2D eigenvalue weighted by molar-refractivity contribution is 7.92. The molecule has 0 aliphatic heterocycles. The predicted molar refractivity (Wildman–Crippen MR) is 150 cm³/mol. The van der Waals surface area contributed by atoms with Gasteiger partial charge in [-0.3, -0.25) is 13.9 Å². The Labute approximate surface area is 231 Å². The minimum atomic E-state index is -4.16. The van der Waals surface area contributed by atoms with Gasteiger partial charge in [-0.25, -0.2) is 8.42 Å². The molecule has 0 aromatic heterocycles. The van der Waals surface area contributed by atoms with Crippen molar-refractivity contribution in [2.24, 2.45) is 0 Å². The molecule has 0 bridgehead atoms. The number of anilines is 2. The van der Waals surface area contributed by atoms with Gasteiger partial charge in [0, 0.05) is 16.6 Å². The summed E-state index contributed by atoms with van der Waals surface area (Å²) in [4.78, 5) is 26.1. The quantitative estimate of drug-likeness (QED) is 0.269. The van der Waals surface area contributed by atoms with Crippen LogP contribution in [0.15, 0.2) is 108 Å². The second-order valence-corrected chi connectivity index (χ2v) is 10.9. The number of hydrogen-bond acceptors (Lipinski definition) is 4. The third-order valence-corrected chi connectivity index (χ3v) is 7.72. The number of hydrogen-bond donors (Lipinski definition) is 2. The van der Waals surface area contributed by atoms with Crippen molar-refractivity contribution in [1.82, 2.24) is 5.32 Å². The van der Waals surface area contributed by atoms with Crippen LogP contribution < -0.4 is 14.9 Å². The largest absolute Gasteiger partial charge is 0.348 e. The molecule has 7 nitrogen and oxygen atoms in total. The van der Waals surface area contributed by atoms with Gasteiger partial charge >= 0.3 is 0 Å². The first-order valence-electron chi connectivity index (χ1n) is 11.5. The van der Waals surface area contributed by atoms with Crippen LogP contribution in [0, 0.1) is 0 Å². The van der Waals surface area contributed by atoms with Gasteiger partial charge in [0.15, 0.2) is 0 Å². The number of nitrogens with zero attached hydrogens (tertiary/aromatic N) is 1. The Balaban J connectivity index is 1.58. The van der Waals surface area contributed by atoms with Gasteiger partial charge < -0.3 is 10.6 Å². The molecule has 0 saturated heterocycles. The summed E-state index contributed by atoms with van der Waals surface area (Å²) < 4.78 is 28.0. The van der Waals surface area contributed by atoms with E-state index in [1.165, 1.54) is 30.3 Å². The number of para-hydroxylation sites is 1. The molecule has 10 heteroatoms. The first kappa shape index (κ1) is 27.2. The van der Waals surface area contributed by atoms with Crippen LogP contribution >= 0.6 is 23.2 Å². The van der Waals surface area contributed by atoms with E-state index in [9.17, 15) is 18.0 Å². The van der Waals surface area contributed by atoms with Crippen LogP contribution in [0.3, 0.4) is 0 Å². The fourth-order valence-corrected chi connectivity index (χ4v) is 5.64. The summed E-state index contributed by atoms with van der Waals surface area (Å²) in [7, 11) is -4.16. The van der Waals surface area contributed by atoms with Crippen molar-refractivity contribution in [2.75, 3.05) is 16.2 Å². The van der Waals surface area contributed by atoms with Crippen molar-refractivity contribution in [2.45, 2.75) is 11.4 Å². The fourth-order valence-electron chi connectivity index (χ4n) is 3.70. The summed E-state index contributed by atoms with van der Waals surface area (Å²) in [5, 5.41) is 5.92. The standard InChI is InChI=1S/C28H23Cl2N3O4S/c29-21-15-22(30)17-23(16-21)33(38(36,37)24-11-5-2-6-12-24)19-27(34)32-26-14-8-7-13-25(26)28(35)31-18-20-9-3-1-4-10-20/h1-17H,18-19H2,(H,31,35)(H,32,34). The molecule has 2 N–H and O–H groups in total. The van der Waals surface area contributed by atoms with E-state index in [0.717, 1.165) is 9.87 Å². The molecule has 0 radical (unpaired) electrons. The Bertz CT molecular complexity index is 1530. The van der Waals surface area contributed by atoms with Crippen molar-refractivity contribution >= 4 is 56.4 Å². The first-order chi connectivity index (χ1) is 18.2. The molecule has 0 spiro atoms. The van der Waals surface area contributed by atoms with Crippen LogP contribution in [0.4, 0.5) is 11.4 Å². The zero-order valence-electron chi connectivity index (χ0n) is 20.0. The maximum absolute atomic E-state index is 13.5. The Kier molecular flexibility index (Phi) is 8.68. The topological polar surface area (TPSA) is 95.6 Å². The van der Waals surface area contributed by atoms with E-state index in [2.05, 4.69) is 10.6 Å². The summed E-state index contributed by atoms with van der Waals surface area (Å²) in [5.74, 6) is -1.05. The average Bonchev–Trinajstić information content (AvgIpc) is 2.91. The maximum Gasteiger partial charge on any atom is 0.264 e. The minimum Gasteiger partial charge on any atom is -0.348 e. The molecular formula is C28H23Cl2N3O4S. The van der Waals surface area contributed by atoms with E-state index in [1.54, 1.807) is 42.5 Å². The van der Waals surface area contributed by atoms with E-state index in [1.807, 2.05) is 30.3 Å². The first-order valence-corrected chi connectivity index (χ1v) is 13.7. The highest BCUT2D eigenvalue weighted by atomic mass is 35.5. The van der Waals surface area contributed by atoms with E-state index in [-0.39, 0.29) is 37.8 Å². The number of nitrogens with one attached hydrogen (secondary N) is 2. The molecule has 194 valence electrons. The second-order valence-electron chi connectivity index (χ2n) is 8.21. The molecule has 38 heavy (non-hydrogen) atoms. The van der Waals surface area contributed by atoms with E-state index < -0.39 is 22.5 Å². The molecular weight excluding hydrogens is 545 g/mol. The molecule has 0 heterocycles. The SMILES string of the molecule is O=C(CN(c1cc(Cl)cc(Cl)c1)S(=O)(=O)c1ccccc1)Nc1ccccc1C(=O)NCc1ccccc1. The molecule has 0 unspecified atom stereocenters. The summed E-state index contributed by atoms with van der Waals surface area (Å²) >= 11 is 12.3. The van der Waals surface area contributed by atoms with Crippen molar-refractivity contribution in [1.29, 1.82) is 0 Å². The summed E-state index contributed by atoms with van der Waals surface area (Å²) in [6.07, 6.45) is 0. The van der Waals surface area contributed by atoms with Crippen LogP contribution in [0.5, 0.6) is 0 Å². The Morgan fingerprint density at radius 3 is 2.00 bits per heavy atom. The lowest BCUT2D eigenvalue weighted by Gasteiger charge is -2.24. The number of carbonyl (C=O) groups is 2. The summed E-state index contributed by atoms with van der Waals surface area (Å²) in [6.45, 7) is -0.283. The second kappa shape index (κ2) is 12.1. The Morgan fingerprint density at radius 2 is 1.34 bits per heavy atom. The van der Waals surface area contributed by atoms with Crippen molar-refractivity contribution in [3.8, 4) is 0 Å². The zero-order valence-corrected chi connectivity index (χ0v) is 22.3. The fraction of sp³-hybridized carbons (Fsp3) is 0.0714. The van der Waals surface area contributed by atoms with Crippen molar-refractivity contribution < 1.29 is 18.0 Å². The van der Waals surface area contributed by atoms with Crippen LogP contribution in [0.2, 0.25) is 10.0 Å². The lowest BCUT2D eigenvalue weighted by atomic mass is 10.1. The van der Waals surface area contributed by atoms with Gasteiger partial charge in [-0.1, -0.05) is 83.9 Å². The van der Waals surface area contributed by atoms with Gasteiger partial charge in [0.05, 0.1) is 21.8 Å². The molecule has 4 rings (SSSR count). The molecule has 0 fully saturated rings. The molecule has 2 amide bonds. The molecule has 4 aromatic rings. The van der Waals surface area contributed by atoms with Crippen LogP contribution in [0.1, 0.15) is 15.9 Å². The molecule has 0 aliphatic carbocycles. The number of carbonyl (C=O) groups excluding carboxylic acids is 2. The van der Waals surface area contributed by atoms with Gasteiger partial charge in [0.2, 0.25) is 5.91 Å². The lowest BCUT2D eigenvalue weighted by molar-refractivity contribution is -0.114. The smallest absolute Gasteiger partial charge is 0.264 e. The van der Waals surface area contributed by atoms with E-state index >= 15 is 0 Å². The number of halogens is 2. The van der Waals surface area contributed by atoms with Gasteiger partial charge in [-0.2, -0.15) is 0 Å². The van der Waals surface area contributed by atoms with Crippen LogP contribution in [-0.2, 0) is 21.4 Å². The van der Waals surface area contributed by atoms with Gasteiger partial charge in [-0.15, -0.1) is 0 Å². The lowest BCUT2D eigenvalue weighted by Crippen LogP contribution is -2.38. The molecule has 0 atom stereocenters. The number of rotatable bonds is 9. The Hall–Kier alpha value is -3.85. The normalized spacial score (nSPS) is 11.0. The highest BCUT2D eigenvalue weighted by Crippen LogP contribution is 2.30. The van der Waals surface area contributed by atoms with Gasteiger partial charge in [0.1, 0.15) is 6.54 Å². The maximum atomic E-state index is 13.5.